The molecule has 2 aromatic rings. The lowest BCUT2D eigenvalue weighted by atomic mass is 10.2. The molecule has 0 radical (unpaired) electrons. The number of benzene rings is 2. The minimum absolute atomic E-state index is 0.0533. The zero-order valence-corrected chi connectivity index (χ0v) is 13.5. The van der Waals surface area contributed by atoms with E-state index in [2.05, 4.69) is 15.5 Å². The van der Waals surface area contributed by atoms with E-state index in [4.69, 9.17) is 9.47 Å². The van der Waals surface area contributed by atoms with Crippen LogP contribution in [0.5, 0.6) is 11.5 Å². The highest BCUT2D eigenvalue weighted by molar-refractivity contribution is 6.05. The minimum atomic E-state index is -0.538. The highest BCUT2D eigenvalue weighted by Crippen LogP contribution is 2.42. The van der Waals surface area contributed by atoms with E-state index < -0.39 is 11.6 Å². The predicted molar refractivity (Wildman–Crippen MR) is 92.0 cm³/mol. The first-order valence-corrected chi connectivity index (χ1v) is 7.57. The minimum Gasteiger partial charge on any atom is -0.493 e. The lowest BCUT2D eigenvalue weighted by molar-refractivity contribution is 0.356. The van der Waals surface area contributed by atoms with Gasteiger partial charge in [0, 0.05) is 17.0 Å². The van der Waals surface area contributed by atoms with E-state index in [0.717, 1.165) is 40.2 Å². The second kappa shape index (κ2) is 5.70. The number of aromatic amines is 2. The number of rotatable bonds is 4. The zero-order valence-electron chi connectivity index (χ0n) is 13.5. The Morgan fingerprint density at radius 1 is 0.920 bits per heavy atom. The van der Waals surface area contributed by atoms with Crippen molar-refractivity contribution in [2.45, 2.75) is 0 Å². The van der Waals surface area contributed by atoms with E-state index in [1.807, 2.05) is 18.2 Å². The predicted octanol–water partition coefficient (Wildman–Crippen LogP) is 4.64. The molecule has 0 fully saturated rings. The summed E-state index contributed by atoms with van der Waals surface area (Å²) < 4.78 is 37.9. The van der Waals surface area contributed by atoms with Gasteiger partial charge in [0.1, 0.15) is 17.5 Å². The van der Waals surface area contributed by atoms with E-state index in [-0.39, 0.29) is 5.69 Å². The van der Waals surface area contributed by atoms with Crippen LogP contribution in [0.25, 0.3) is 22.0 Å². The van der Waals surface area contributed by atoms with Crippen LogP contribution in [-0.4, -0.2) is 24.4 Å². The van der Waals surface area contributed by atoms with Crippen molar-refractivity contribution in [1.29, 1.82) is 0 Å². The summed E-state index contributed by atoms with van der Waals surface area (Å²) in [6.45, 7) is 0. The molecule has 3 N–H and O–H groups in total. The van der Waals surface area contributed by atoms with Gasteiger partial charge < -0.3 is 14.8 Å². The summed E-state index contributed by atoms with van der Waals surface area (Å²) in [7, 11) is 3.15. The fraction of sp³-hybridized carbons (Fsp3) is 0.111. The first kappa shape index (κ1) is 15.3. The largest absolute Gasteiger partial charge is 0.493 e. The Bertz CT molecular complexity index is 1040. The number of aromatic nitrogens is 2. The average Bonchev–Trinajstić information content (AvgIpc) is 3.16. The van der Waals surface area contributed by atoms with Gasteiger partial charge in [-0.2, -0.15) is 0 Å². The molecule has 25 heavy (non-hydrogen) atoms. The molecule has 0 spiro atoms. The van der Waals surface area contributed by atoms with Crippen molar-refractivity contribution in [3.05, 3.63) is 48.0 Å². The molecule has 2 aliphatic rings. The van der Waals surface area contributed by atoms with Crippen LogP contribution < -0.4 is 14.8 Å². The molecule has 0 saturated carbocycles. The molecule has 2 aromatic carbocycles. The average molecular weight is 343 g/mol. The van der Waals surface area contributed by atoms with E-state index in [1.165, 1.54) is 0 Å². The lowest BCUT2D eigenvalue weighted by Crippen LogP contribution is -1.95. The van der Waals surface area contributed by atoms with Gasteiger partial charge in [0.15, 0.2) is 11.5 Å². The number of hydrogen-bond acceptors (Lipinski definition) is 3. The van der Waals surface area contributed by atoms with Gasteiger partial charge in [0.2, 0.25) is 0 Å². The third-order valence-corrected chi connectivity index (χ3v) is 4.16. The summed E-state index contributed by atoms with van der Waals surface area (Å²) in [5.41, 5.74) is 1.70. The highest BCUT2D eigenvalue weighted by atomic mass is 19.1. The molecule has 0 amide bonds. The van der Waals surface area contributed by atoms with Crippen molar-refractivity contribution in [1.82, 2.24) is 10.2 Å². The van der Waals surface area contributed by atoms with Crippen LogP contribution >= 0.6 is 0 Å². The Balaban J connectivity index is 1.80. The number of halogens is 2. The maximum atomic E-state index is 13.9. The molecular weight excluding hydrogens is 328 g/mol. The summed E-state index contributed by atoms with van der Waals surface area (Å²) in [5.74, 6) is 0.718. The Morgan fingerprint density at radius 2 is 1.68 bits per heavy atom. The maximum absolute atomic E-state index is 13.9. The number of ether oxygens (including phenoxy) is 2. The quantitative estimate of drug-likeness (QED) is 0.506. The van der Waals surface area contributed by atoms with Crippen molar-refractivity contribution >= 4 is 22.3 Å². The Labute approximate surface area is 141 Å². The molecular formula is C18H15F2N3O2. The second-order valence-corrected chi connectivity index (χ2v) is 5.60. The van der Waals surface area contributed by atoms with Gasteiger partial charge in [-0.15, -0.1) is 0 Å². The first-order chi connectivity index (χ1) is 12.1. The summed E-state index contributed by atoms with van der Waals surface area (Å²) in [6.07, 6.45) is 0. The zero-order chi connectivity index (χ0) is 17.6. The monoisotopic (exact) mass is 343 g/mol. The summed E-state index contributed by atoms with van der Waals surface area (Å²) in [5, 5.41) is 10.8. The molecule has 0 atom stereocenters. The lowest BCUT2D eigenvalue weighted by Gasteiger charge is -2.07. The summed E-state index contributed by atoms with van der Waals surface area (Å²) in [6, 6.07) is 8.93. The van der Waals surface area contributed by atoms with Crippen molar-refractivity contribution in [3.63, 3.8) is 0 Å². The molecule has 0 saturated heterocycles. The molecule has 1 aliphatic carbocycles. The SMILES string of the molecule is COc1cc2cc3c(Nc4cc(F)ccc4F)[nH][nH]c-3c2cc1OC. The van der Waals surface area contributed by atoms with Crippen LogP contribution in [0.1, 0.15) is 0 Å². The number of methoxy groups -OCH3 is 2. The number of anilines is 2. The number of H-pyrrole nitrogens is 2. The fourth-order valence-electron chi connectivity index (χ4n) is 2.95. The van der Waals surface area contributed by atoms with Crippen LogP contribution in [0.4, 0.5) is 20.3 Å². The van der Waals surface area contributed by atoms with Crippen molar-refractivity contribution < 1.29 is 18.3 Å². The topological polar surface area (TPSA) is 62.1 Å². The molecule has 128 valence electrons. The normalized spacial score (nSPS) is 11.2. The molecule has 0 bridgehead atoms. The van der Waals surface area contributed by atoms with Crippen molar-refractivity contribution in [3.8, 4) is 22.8 Å². The van der Waals surface area contributed by atoms with Gasteiger partial charge in [0.25, 0.3) is 0 Å². The van der Waals surface area contributed by atoms with Gasteiger partial charge in [-0.3, -0.25) is 10.2 Å². The summed E-state index contributed by atoms with van der Waals surface area (Å²) >= 11 is 0. The standard InChI is InChI=1S/C18H15F2N3O2/c1-24-15-6-9-5-12-17(11(9)8-16(15)25-2)22-23-18(12)21-14-7-10(19)3-4-13(14)20/h3-8,21-23H,1-2H3. The van der Waals surface area contributed by atoms with Crippen LogP contribution in [0.15, 0.2) is 36.4 Å². The Hall–Kier alpha value is -3.22. The van der Waals surface area contributed by atoms with Gasteiger partial charge in [-0.05, 0) is 35.7 Å². The van der Waals surface area contributed by atoms with E-state index in [9.17, 15) is 8.78 Å². The molecule has 4 rings (SSSR count). The number of fused-ring (bicyclic) bond motifs is 3. The molecule has 0 unspecified atom stereocenters. The summed E-state index contributed by atoms with van der Waals surface area (Å²) in [4.78, 5) is 0. The number of hydrogen-bond donors (Lipinski definition) is 3. The van der Waals surface area contributed by atoms with Gasteiger partial charge in [-0.1, -0.05) is 0 Å². The maximum Gasteiger partial charge on any atom is 0.161 e. The smallest absolute Gasteiger partial charge is 0.161 e. The second-order valence-electron chi connectivity index (χ2n) is 5.60. The van der Waals surface area contributed by atoms with Gasteiger partial charge in [-0.25, -0.2) is 8.78 Å². The third kappa shape index (κ3) is 2.44. The van der Waals surface area contributed by atoms with Crippen LogP contribution in [-0.2, 0) is 0 Å². The molecule has 7 heteroatoms. The van der Waals surface area contributed by atoms with E-state index in [1.54, 1.807) is 14.2 Å². The number of nitrogens with one attached hydrogen (secondary N) is 3. The Kier molecular flexibility index (Phi) is 3.49. The van der Waals surface area contributed by atoms with E-state index >= 15 is 0 Å². The first-order valence-electron chi connectivity index (χ1n) is 7.57. The Morgan fingerprint density at radius 3 is 2.44 bits per heavy atom. The molecule has 5 nitrogen and oxygen atoms in total. The van der Waals surface area contributed by atoms with Crippen molar-refractivity contribution in [2.24, 2.45) is 0 Å². The highest BCUT2D eigenvalue weighted by Gasteiger charge is 2.20. The van der Waals surface area contributed by atoms with Crippen LogP contribution in [0.2, 0.25) is 0 Å². The molecule has 1 aliphatic heterocycles. The van der Waals surface area contributed by atoms with E-state index in [0.29, 0.717) is 17.3 Å². The molecule has 1 heterocycles. The van der Waals surface area contributed by atoms with Gasteiger partial charge >= 0.3 is 0 Å². The van der Waals surface area contributed by atoms with Crippen LogP contribution in [0.3, 0.4) is 0 Å². The fourth-order valence-corrected chi connectivity index (χ4v) is 2.95. The van der Waals surface area contributed by atoms with Crippen LogP contribution in [0, 0.1) is 11.6 Å². The van der Waals surface area contributed by atoms with Crippen molar-refractivity contribution in [2.75, 3.05) is 19.5 Å². The third-order valence-electron chi connectivity index (χ3n) is 4.16. The molecule has 0 aromatic heterocycles. The van der Waals surface area contributed by atoms with Gasteiger partial charge in [0.05, 0.1) is 25.6 Å².